The lowest BCUT2D eigenvalue weighted by Crippen LogP contribution is -2.40. The number of rotatable bonds is 7. The van der Waals surface area contributed by atoms with Gasteiger partial charge >= 0.3 is 5.97 Å². The molecule has 5 rings (SSSR count). The van der Waals surface area contributed by atoms with Crippen molar-refractivity contribution in [3.63, 3.8) is 0 Å². The number of hydrogen-bond donors (Lipinski definition) is 0. The van der Waals surface area contributed by atoms with E-state index in [4.69, 9.17) is 18.6 Å². The van der Waals surface area contributed by atoms with Gasteiger partial charge in [-0.3, -0.25) is 9.36 Å². The topological polar surface area (TPSA) is 92.3 Å². The fourth-order valence-corrected chi connectivity index (χ4v) is 5.68. The van der Waals surface area contributed by atoms with E-state index in [0.29, 0.717) is 43.6 Å². The number of carbonyl (C=O) groups excluding carboxylic acids is 1. The molecule has 9 heteroatoms. The largest absolute Gasteiger partial charge is 0.497 e. The molecule has 200 valence electrons. The molecule has 0 spiro atoms. The molecule has 1 aliphatic rings. The van der Waals surface area contributed by atoms with Crippen LogP contribution in [0.25, 0.3) is 17.4 Å². The number of fused-ring (bicyclic) bond motifs is 1. The zero-order valence-electron chi connectivity index (χ0n) is 22.3. The summed E-state index contributed by atoms with van der Waals surface area (Å²) in [7, 11) is 3.09. The Hall–Kier alpha value is -4.37. The Morgan fingerprint density at radius 3 is 2.64 bits per heavy atom. The number of hydrogen-bond acceptors (Lipinski definition) is 8. The van der Waals surface area contributed by atoms with Gasteiger partial charge in [0.05, 0.1) is 36.6 Å². The molecule has 8 nitrogen and oxygen atoms in total. The summed E-state index contributed by atoms with van der Waals surface area (Å²) < 4.78 is 24.5. The van der Waals surface area contributed by atoms with Gasteiger partial charge in [-0.2, -0.15) is 0 Å². The smallest absolute Gasteiger partial charge is 0.338 e. The highest BCUT2D eigenvalue weighted by atomic mass is 32.1. The fraction of sp³-hybridized carbons (Fsp3) is 0.233. The summed E-state index contributed by atoms with van der Waals surface area (Å²) in [6.45, 7) is 5.68. The summed E-state index contributed by atoms with van der Waals surface area (Å²) >= 11 is 1.23. The lowest BCUT2D eigenvalue weighted by molar-refractivity contribution is -0.139. The zero-order valence-corrected chi connectivity index (χ0v) is 23.1. The highest BCUT2D eigenvalue weighted by molar-refractivity contribution is 7.07. The second kappa shape index (κ2) is 10.8. The summed E-state index contributed by atoms with van der Waals surface area (Å²) in [5, 5.41) is 0. The molecule has 0 saturated heterocycles. The second-order valence-corrected chi connectivity index (χ2v) is 9.99. The average molecular weight is 545 g/mol. The highest BCUT2D eigenvalue weighted by Gasteiger charge is 2.35. The van der Waals surface area contributed by atoms with Crippen LogP contribution in [0.2, 0.25) is 0 Å². The predicted molar refractivity (Wildman–Crippen MR) is 149 cm³/mol. The van der Waals surface area contributed by atoms with Gasteiger partial charge < -0.3 is 18.6 Å². The van der Waals surface area contributed by atoms with Gasteiger partial charge in [0.15, 0.2) is 4.80 Å². The van der Waals surface area contributed by atoms with Crippen molar-refractivity contribution in [2.45, 2.75) is 26.8 Å². The first-order valence-corrected chi connectivity index (χ1v) is 13.2. The minimum Gasteiger partial charge on any atom is -0.497 e. The third-order valence-electron chi connectivity index (χ3n) is 6.45. The number of nitrogens with zero attached hydrogens (tertiary/aromatic N) is 2. The molecule has 0 N–H and O–H groups in total. The lowest BCUT2D eigenvalue weighted by atomic mass is 9.95. The van der Waals surface area contributed by atoms with Crippen molar-refractivity contribution in [1.29, 1.82) is 0 Å². The molecule has 2 aromatic carbocycles. The Morgan fingerprint density at radius 2 is 1.92 bits per heavy atom. The van der Waals surface area contributed by atoms with E-state index in [0.717, 1.165) is 11.1 Å². The van der Waals surface area contributed by atoms with Crippen LogP contribution in [-0.2, 0) is 9.53 Å². The van der Waals surface area contributed by atoms with Crippen molar-refractivity contribution in [3.8, 4) is 22.8 Å². The molecule has 1 atom stereocenters. The number of thiazole rings is 1. The molecule has 3 heterocycles. The van der Waals surface area contributed by atoms with Crippen LogP contribution < -0.4 is 24.4 Å². The van der Waals surface area contributed by atoms with Gasteiger partial charge in [-0.05, 0) is 57.2 Å². The van der Waals surface area contributed by atoms with Crippen LogP contribution in [0.4, 0.5) is 0 Å². The second-order valence-electron chi connectivity index (χ2n) is 8.98. The number of aryl methyl sites for hydroxylation is 1. The molecule has 1 aliphatic heterocycles. The number of esters is 1. The zero-order chi connectivity index (χ0) is 27.7. The molecule has 0 fully saturated rings. The van der Waals surface area contributed by atoms with E-state index < -0.39 is 12.0 Å². The highest BCUT2D eigenvalue weighted by Crippen LogP contribution is 2.37. The summed E-state index contributed by atoms with van der Waals surface area (Å²) in [6, 6.07) is 16.2. The number of benzene rings is 2. The van der Waals surface area contributed by atoms with E-state index in [-0.39, 0.29) is 17.7 Å². The molecule has 0 amide bonds. The van der Waals surface area contributed by atoms with Gasteiger partial charge in [-0.25, -0.2) is 9.79 Å². The molecule has 0 bridgehead atoms. The quantitative estimate of drug-likeness (QED) is 0.321. The van der Waals surface area contributed by atoms with Gasteiger partial charge in [-0.15, -0.1) is 0 Å². The first kappa shape index (κ1) is 26.2. The van der Waals surface area contributed by atoms with Crippen LogP contribution in [0.15, 0.2) is 80.1 Å². The fourth-order valence-electron chi connectivity index (χ4n) is 4.65. The Balaban J connectivity index is 1.69. The number of carbonyl (C=O) groups is 1. The van der Waals surface area contributed by atoms with E-state index in [1.54, 1.807) is 52.3 Å². The molecule has 0 aliphatic carbocycles. The van der Waals surface area contributed by atoms with Crippen LogP contribution in [0.1, 0.15) is 36.8 Å². The number of allylic oxidation sites excluding steroid dienone is 1. The van der Waals surface area contributed by atoms with Gasteiger partial charge in [0.2, 0.25) is 0 Å². The molecular weight excluding hydrogens is 516 g/mol. The Labute approximate surface area is 229 Å². The van der Waals surface area contributed by atoms with E-state index in [2.05, 4.69) is 4.99 Å². The van der Waals surface area contributed by atoms with Gasteiger partial charge in [0.1, 0.15) is 29.1 Å². The first-order chi connectivity index (χ1) is 18.8. The van der Waals surface area contributed by atoms with Gasteiger partial charge in [-0.1, -0.05) is 35.1 Å². The molecule has 1 unspecified atom stereocenters. The van der Waals surface area contributed by atoms with Crippen molar-refractivity contribution < 1.29 is 23.4 Å². The van der Waals surface area contributed by atoms with Crippen LogP contribution in [0.3, 0.4) is 0 Å². The summed E-state index contributed by atoms with van der Waals surface area (Å²) in [5.41, 5.74) is 3.09. The van der Waals surface area contributed by atoms with Crippen molar-refractivity contribution in [3.05, 3.63) is 102 Å². The summed E-state index contributed by atoms with van der Waals surface area (Å²) in [6.07, 6.45) is 1.70. The maximum absolute atomic E-state index is 13.9. The standard InChI is InChI=1S/C30H28N2O6S/c1-6-37-29(34)26-18(3)31-30-32(27(26)22-15-20(35-4)10-13-24(22)36-5)28(33)25(39-30)16-21-11-12-23(38-21)19-9-7-8-17(2)14-19/h7-16,27H,6H2,1-5H3. The van der Waals surface area contributed by atoms with E-state index in [1.807, 2.05) is 43.3 Å². The SMILES string of the molecule is CCOC(=O)C1=C(C)N=c2sc(=Cc3ccc(-c4cccc(C)c4)o3)c(=O)n2C1c1cc(OC)ccc1OC. The van der Waals surface area contributed by atoms with E-state index in [1.165, 1.54) is 15.9 Å². The molecular formula is C30H28N2O6S. The maximum Gasteiger partial charge on any atom is 0.338 e. The molecule has 4 aromatic rings. The lowest BCUT2D eigenvalue weighted by Gasteiger charge is -2.26. The van der Waals surface area contributed by atoms with Crippen LogP contribution in [0.5, 0.6) is 11.5 Å². The number of methoxy groups -OCH3 is 2. The Morgan fingerprint density at radius 1 is 1.10 bits per heavy atom. The first-order valence-electron chi connectivity index (χ1n) is 12.4. The monoisotopic (exact) mass is 544 g/mol. The van der Waals surface area contributed by atoms with Crippen molar-refractivity contribution in [2.75, 3.05) is 20.8 Å². The van der Waals surface area contributed by atoms with Crippen LogP contribution in [0, 0.1) is 6.92 Å². The summed E-state index contributed by atoms with van der Waals surface area (Å²) in [4.78, 5) is 32.2. The van der Waals surface area contributed by atoms with Crippen molar-refractivity contribution >= 4 is 23.4 Å². The van der Waals surface area contributed by atoms with E-state index in [9.17, 15) is 9.59 Å². The molecule has 0 saturated carbocycles. The Kier molecular flexibility index (Phi) is 7.26. The average Bonchev–Trinajstić information content (AvgIpc) is 3.52. The third-order valence-corrected chi connectivity index (χ3v) is 7.43. The van der Waals surface area contributed by atoms with Crippen molar-refractivity contribution in [1.82, 2.24) is 4.57 Å². The molecule has 2 aromatic heterocycles. The minimum absolute atomic E-state index is 0.184. The predicted octanol–water partition coefficient (Wildman–Crippen LogP) is 4.38. The van der Waals surface area contributed by atoms with E-state index >= 15 is 0 Å². The van der Waals surface area contributed by atoms with Crippen LogP contribution >= 0.6 is 11.3 Å². The van der Waals surface area contributed by atoms with Crippen molar-refractivity contribution in [2.24, 2.45) is 4.99 Å². The number of furan rings is 1. The molecule has 0 radical (unpaired) electrons. The van der Waals surface area contributed by atoms with Crippen LogP contribution in [-0.4, -0.2) is 31.4 Å². The van der Waals surface area contributed by atoms with Gasteiger partial charge in [0.25, 0.3) is 5.56 Å². The Bertz CT molecular complexity index is 1780. The normalized spacial score (nSPS) is 15.1. The third kappa shape index (κ3) is 4.93. The number of ether oxygens (including phenoxy) is 3. The summed E-state index contributed by atoms with van der Waals surface area (Å²) in [5.74, 6) is 1.76. The van der Waals surface area contributed by atoms with Gasteiger partial charge in [0, 0.05) is 17.2 Å². The molecule has 39 heavy (non-hydrogen) atoms. The minimum atomic E-state index is -0.827. The number of aromatic nitrogens is 1. The maximum atomic E-state index is 13.9.